The lowest BCUT2D eigenvalue weighted by Crippen LogP contribution is -2.42. The third kappa shape index (κ3) is 6.95. The van der Waals surface area contributed by atoms with Gasteiger partial charge in [0, 0.05) is 37.5 Å². The van der Waals surface area contributed by atoms with Crippen LogP contribution >= 0.6 is 17.0 Å². The standard InChI is InChI=1S/C24H36N4O3.BrH/c1-17(2)22(29)16-28-15-18-14-20(11-12-21(18)26-24(28)25)31-13-7-10-23(30)27(3)19-8-5-4-6-9-19;/h11-12,14,17,19H,4-10,13,15-16H2,1-3H3,(H2,25,26);1H. The van der Waals surface area contributed by atoms with Gasteiger partial charge in [0.25, 0.3) is 0 Å². The monoisotopic (exact) mass is 508 g/mol. The molecule has 178 valence electrons. The van der Waals surface area contributed by atoms with Gasteiger partial charge in [-0.15, -0.1) is 17.0 Å². The summed E-state index contributed by atoms with van der Waals surface area (Å²) in [7, 11) is 1.94. The molecule has 32 heavy (non-hydrogen) atoms. The van der Waals surface area contributed by atoms with Gasteiger partial charge in [0.2, 0.25) is 5.91 Å². The Bertz CT molecular complexity index is 821. The van der Waals surface area contributed by atoms with E-state index in [1.165, 1.54) is 19.3 Å². The SMILES string of the molecule is Br.CC(C)C(=O)CN1Cc2cc(OCCCC(=O)N(C)C3CCCCC3)ccc2N=C1N. The van der Waals surface area contributed by atoms with Crippen LogP contribution in [0.2, 0.25) is 0 Å². The van der Waals surface area contributed by atoms with Crippen LogP contribution in [0.25, 0.3) is 0 Å². The summed E-state index contributed by atoms with van der Waals surface area (Å²) in [5.74, 6) is 1.42. The lowest BCUT2D eigenvalue weighted by atomic mass is 9.94. The topological polar surface area (TPSA) is 88.2 Å². The largest absolute Gasteiger partial charge is 0.494 e. The van der Waals surface area contributed by atoms with Gasteiger partial charge in [0.1, 0.15) is 5.75 Å². The lowest BCUT2D eigenvalue weighted by molar-refractivity contribution is -0.132. The second-order valence-corrected chi connectivity index (χ2v) is 8.99. The van der Waals surface area contributed by atoms with Crippen molar-refractivity contribution in [1.82, 2.24) is 9.80 Å². The first-order valence-electron chi connectivity index (χ1n) is 11.5. The number of fused-ring (bicyclic) bond motifs is 1. The van der Waals surface area contributed by atoms with E-state index in [0.717, 1.165) is 29.8 Å². The van der Waals surface area contributed by atoms with Crippen LogP contribution in [-0.2, 0) is 16.1 Å². The van der Waals surface area contributed by atoms with Gasteiger partial charge < -0.3 is 20.3 Å². The van der Waals surface area contributed by atoms with Crippen LogP contribution in [0.3, 0.4) is 0 Å². The van der Waals surface area contributed by atoms with Crippen molar-refractivity contribution in [2.45, 2.75) is 71.4 Å². The molecule has 1 aliphatic heterocycles. The van der Waals surface area contributed by atoms with E-state index in [1.54, 1.807) is 4.90 Å². The maximum atomic E-state index is 12.5. The molecule has 2 aliphatic rings. The van der Waals surface area contributed by atoms with Gasteiger partial charge in [-0.2, -0.15) is 0 Å². The van der Waals surface area contributed by atoms with E-state index in [9.17, 15) is 9.59 Å². The number of carbonyl (C=O) groups is 2. The molecule has 0 atom stereocenters. The molecule has 2 N–H and O–H groups in total. The van der Waals surface area contributed by atoms with E-state index in [-0.39, 0.29) is 41.1 Å². The second-order valence-electron chi connectivity index (χ2n) is 8.99. The number of Topliss-reactive ketones (excluding diaryl/α,β-unsaturated/α-hetero) is 1. The molecule has 1 aromatic carbocycles. The van der Waals surface area contributed by atoms with Gasteiger partial charge in [-0.05, 0) is 37.5 Å². The molecule has 7 nitrogen and oxygen atoms in total. The normalized spacial score (nSPS) is 16.1. The number of guanidine groups is 1. The molecule has 0 radical (unpaired) electrons. The number of carbonyl (C=O) groups excluding carboxylic acids is 2. The highest BCUT2D eigenvalue weighted by Crippen LogP contribution is 2.29. The number of ketones is 1. The summed E-state index contributed by atoms with van der Waals surface area (Å²) < 4.78 is 5.89. The Kier molecular flexibility index (Phi) is 10.0. The van der Waals surface area contributed by atoms with Crippen molar-refractivity contribution in [3.05, 3.63) is 23.8 Å². The van der Waals surface area contributed by atoms with Gasteiger partial charge in [-0.25, -0.2) is 4.99 Å². The Morgan fingerprint density at radius 2 is 1.97 bits per heavy atom. The molecular weight excluding hydrogens is 472 g/mol. The third-order valence-electron chi connectivity index (χ3n) is 6.28. The minimum absolute atomic E-state index is 0. The number of amides is 1. The van der Waals surface area contributed by atoms with Gasteiger partial charge in [0.05, 0.1) is 18.8 Å². The van der Waals surface area contributed by atoms with E-state index in [2.05, 4.69) is 4.99 Å². The number of hydrogen-bond acceptors (Lipinski definition) is 6. The molecule has 0 spiro atoms. The Morgan fingerprint density at radius 3 is 2.66 bits per heavy atom. The van der Waals surface area contributed by atoms with Crippen molar-refractivity contribution in [2.75, 3.05) is 20.2 Å². The first-order chi connectivity index (χ1) is 14.8. The van der Waals surface area contributed by atoms with Crippen molar-refractivity contribution >= 4 is 40.3 Å². The van der Waals surface area contributed by atoms with E-state index in [1.807, 2.05) is 44.0 Å². The molecule has 0 aromatic heterocycles. The summed E-state index contributed by atoms with van der Waals surface area (Å²) in [6, 6.07) is 6.12. The summed E-state index contributed by atoms with van der Waals surface area (Å²) >= 11 is 0. The average Bonchev–Trinajstić information content (AvgIpc) is 2.77. The van der Waals surface area contributed by atoms with Crippen LogP contribution in [0.1, 0.15) is 64.4 Å². The van der Waals surface area contributed by atoms with Crippen LogP contribution in [0, 0.1) is 5.92 Å². The zero-order valence-electron chi connectivity index (χ0n) is 19.5. The number of halogens is 1. The minimum Gasteiger partial charge on any atom is -0.494 e. The summed E-state index contributed by atoms with van der Waals surface area (Å²) in [4.78, 5) is 32.7. The zero-order chi connectivity index (χ0) is 22.4. The number of benzene rings is 1. The molecule has 1 aromatic rings. The van der Waals surface area contributed by atoms with Crippen molar-refractivity contribution in [1.29, 1.82) is 0 Å². The Balaban J connectivity index is 0.00000363. The first kappa shape index (κ1) is 26.2. The number of nitrogens with zero attached hydrogens (tertiary/aromatic N) is 3. The Morgan fingerprint density at radius 1 is 1.25 bits per heavy atom. The fraction of sp³-hybridized carbons (Fsp3) is 0.625. The van der Waals surface area contributed by atoms with Crippen LogP contribution in [-0.4, -0.2) is 53.7 Å². The van der Waals surface area contributed by atoms with Crippen LogP contribution in [0.15, 0.2) is 23.2 Å². The van der Waals surface area contributed by atoms with E-state index < -0.39 is 0 Å². The van der Waals surface area contributed by atoms with Gasteiger partial charge >= 0.3 is 0 Å². The van der Waals surface area contributed by atoms with Crippen molar-refractivity contribution < 1.29 is 14.3 Å². The molecule has 1 saturated carbocycles. The highest BCUT2D eigenvalue weighted by atomic mass is 79.9. The summed E-state index contributed by atoms with van der Waals surface area (Å²) in [6.45, 7) is 5.05. The smallest absolute Gasteiger partial charge is 0.222 e. The molecule has 0 unspecified atom stereocenters. The van der Waals surface area contributed by atoms with Crippen molar-refractivity contribution in [3.63, 3.8) is 0 Å². The summed E-state index contributed by atoms with van der Waals surface area (Å²) in [5.41, 5.74) is 7.83. The quantitative estimate of drug-likeness (QED) is 0.504. The predicted molar refractivity (Wildman–Crippen MR) is 133 cm³/mol. The highest BCUT2D eigenvalue weighted by Gasteiger charge is 2.23. The van der Waals surface area contributed by atoms with Crippen LogP contribution < -0.4 is 10.5 Å². The molecule has 1 fully saturated rings. The fourth-order valence-corrected chi connectivity index (χ4v) is 4.14. The van der Waals surface area contributed by atoms with Gasteiger partial charge in [-0.3, -0.25) is 9.59 Å². The molecule has 1 amide bonds. The average molecular weight is 509 g/mol. The number of nitrogens with two attached hydrogens (primary N) is 1. The molecule has 8 heteroatoms. The third-order valence-corrected chi connectivity index (χ3v) is 6.28. The number of rotatable bonds is 9. The van der Waals surface area contributed by atoms with E-state index >= 15 is 0 Å². The maximum Gasteiger partial charge on any atom is 0.222 e. The van der Waals surface area contributed by atoms with E-state index in [0.29, 0.717) is 38.0 Å². The first-order valence-corrected chi connectivity index (χ1v) is 11.5. The van der Waals surface area contributed by atoms with E-state index in [4.69, 9.17) is 10.5 Å². The molecule has 0 saturated heterocycles. The number of ether oxygens (including phenoxy) is 1. The molecule has 0 bridgehead atoms. The second kappa shape index (κ2) is 12.2. The maximum absolute atomic E-state index is 12.5. The number of hydrogen-bond donors (Lipinski definition) is 1. The molecule has 3 rings (SSSR count). The summed E-state index contributed by atoms with van der Waals surface area (Å²) in [6.07, 6.45) is 7.18. The molecule has 1 aliphatic carbocycles. The molecule has 1 heterocycles. The van der Waals surface area contributed by atoms with Crippen molar-refractivity contribution in [3.8, 4) is 5.75 Å². The van der Waals surface area contributed by atoms with Crippen LogP contribution in [0.4, 0.5) is 5.69 Å². The fourth-order valence-electron chi connectivity index (χ4n) is 4.14. The summed E-state index contributed by atoms with van der Waals surface area (Å²) in [5, 5.41) is 0. The van der Waals surface area contributed by atoms with Gasteiger partial charge in [-0.1, -0.05) is 33.1 Å². The lowest BCUT2D eigenvalue weighted by Gasteiger charge is -2.31. The van der Waals surface area contributed by atoms with Crippen molar-refractivity contribution in [2.24, 2.45) is 16.6 Å². The number of aliphatic imine (C=N–C) groups is 1. The van der Waals surface area contributed by atoms with Crippen LogP contribution in [0.5, 0.6) is 5.75 Å². The highest BCUT2D eigenvalue weighted by molar-refractivity contribution is 8.93. The van der Waals surface area contributed by atoms with Gasteiger partial charge in [0.15, 0.2) is 11.7 Å². The minimum atomic E-state index is -0.0382. The zero-order valence-corrected chi connectivity index (χ0v) is 21.2. The Hall–Kier alpha value is -2.09. The predicted octanol–water partition coefficient (Wildman–Crippen LogP) is 4.20. The Labute approximate surface area is 202 Å². The molecular formula is C24H37BrN4O3.